The number of aromatic nitrogens is 2. The molecule has 96 valence electrons. The number of likely N-dealkylation sites (N-methyl/N-ethyl adjacent to an activating group) is 1. The smallest absolute Gasteiger partial charge is 0.0951 e. The van der Waals surface area contributed by atoms with Crippen LogP contribution in [0.2, 0.25) is 0 Å². The summed E-state index contributed by atoms with van der Waals surface area (Å²) in [5.74, 6) is 0. The van der Waals surface area contributed by atoms with E-state index in [1.165, 1.54) is 25.1 Å². The summed E-state index contributed by atoms with van der Waals surface area (Å²) in [4.78, 5) is 6.75. The summed E-state index contributed by atoms with van der Waals surface area (Å²) in [6, 6.07) is 0.568. The van der Waals surface area contributed by atoms with Gasteiger partial charge in [0.25, 0.3) is 0 Å². The lowest BCUT2D eigenvalue weighted by Crippen LogP contribution is -2.39. The summed E-state index contributed by atoms with van der Waals surface area (Å²) in [6.45, 7) is 6.75. The molecule has 1 fully saturated rings. The van der Waals surface area contributed by atoms with Gasteiger partial charge in [0.05, 0.1) is 23.8 Å². The highest BCUT2D eigenvalue weighted by Gasteiger charge is 2.27. The Morgan fingerprint density at radius 2 is 2.24 bits per heavy atom. The topological polar surface area (TPSA) is 33.1 Å². The molecule has 0 spiro atoms. The molecule has 1 aromatic heterocycles. The van der Waals surface area contributed by atoms with Gasteiger partial charge in [-0.2, -0.15) is 0 Å². The Balaban J connectivity index is 2.24. The van der Waals surface area contributed by atoms with Crippen molar-refractivity contribution in [3.05, 3.63) is 18.2 Å². The van der Waals surface area contributed by atoms with Crippen LogP contribution < -0.4 is 5.32 Å². The van der Waals surface area contributed by atoms with Crippen molar-refractivity contribution in [3.63, 3.8) is 0 Å². The maximum Gasteiger partial charge on any atom is 0.0951 e. The number of hydrogen-bond acceptors (Lipinski definition) is 3. The molecular formula is C13H24N4. The third-order valence-electron chi connectivity index (χ3n) is 3.92. The van der Waals surface area contributed by atoms with Gasteiger partial charge in [0, 0.05) is 12.6 Å². The molecule has 2 heterocycles. The highest BCUT2D eigenvalue weighted by atomic mass is 15.2. The first kappa shape index (κ1) is 12.6. The van der Waals surface area contributed by atoms with Gasteiger partial charge < -0.3 is 14.8 Å². The van der Waals surface area contributed by atoms with Crippen LogP contribution >= 0.6 is 0 Å². The molecule has 4 heteroatoms. The second-order valence-electron chi connectivity index (χ2n) is 5.62. The van der Waals surface area contributed by atoms with E-state index in [1.807, 2.05) is 19.6 Å². The first-order valence-corrected chi connectivity index (χ1v) is 6.44. The zero-order chi connectivity index (χ0) is 12.5. The molecule has 1 aliphatic rings. The van der Waals surface area contributed by atoms with Crippen molar-refractivity contribution in [2.75, 3.05) is 27.2 Å². The fourth-order valence-corrected chi connectivity index (χ4v) is 2.57. The third kappa shape index (κ3) is 2.53. The standard InChI is InChI=1S/C13H24N4/c1-13(2,14-3)12-8-15-10-17(12)11-6-5-7-16(4)9-11/h8,10-11,14H,5-7,9H2,1-4H3. The normalized spacial score (nSPS) is 22.9. The quantitative estimate of drug-likeness (QED) is 0.865. The minimum absolute atomic E-state index is 0.0213. The lowest BCUT2D eigenvalue weighted by Gasteiger charge is -2.34. The summed E-state index contributed by atoms with van der Waals surface area (Å²) in [7, 11) is 4.20. The molecule has 1 atom stereocenters. The van der Waals surface area contributed by atoms with Gasteiger partial charge in [-0.05, 0) is 47.3 Å². The maximum absolute atomic E-state index is 4.34. The molecule has 1 aromatic rings. The molecule has 0 aromatic carbocycles. The summed E-state index contributed by atoms with van der Waals surface area (Å²) in [5.41, 5.74) is 1.26. The zero-order valence-electron chi connectivity index (χ0n) is 11.4. The number of nitrogens with one attached hydrogen (secondary N) is 1. The Kier molecular flexibility index (Phi) is 3.54. The first-order valence-electron chi connectivity index (χ1n) is 6.44. The molecule has 1 unspecified atom stereocenters. The van der Waals surface area contributed by atoms with Crippen molar-refractivity contribution >= 4 is 0 Å². The minimum Gasteiger partial charge on any atom is -0.329 e. The predicted octanol–water partition coefficient (Wildman–Crippen LogP) is 1.60. The second-order valence-corrected chi connectivity index (χ2v) is 5.62. The fourth-order valence-electron chi connectivity index (χ4n) is 2.57. The highest BCUT2D eigenvalue weighted by Crippen LogP contribution is 2.27. The van der Waals surface area contributed by atoms with Crippen LogP contribution in [0, 0.1) is 0 Å². The molecular weight excluding hydrogens is 212 g/mol. The Bertz CT molecular complexity index is 369. The Labute approximate surface area is 104 Å². The average Bonchev–Trinajstić information content (AvgIpc) is 2.78. The van der Waals surface area contributed by atoms with Crippen molar-refractivity contribution in [1.82, 2.24) is 19.8 Å². The SMILES string of the molecule is CNC(C)(C)c1cncn1C1CCCN(C)C1. The van der Waals surface area contributed by atoms with E-state index < -0.39 is 0 Å². The van der Waals surface area contributed by atoms with Gasteiger partial charge in [-0.25, -0.2) is 4.98 Å². The van der Waals surface area contributed by atoms with Crippen LogP contribution in [0.25, 0.3) is 0 Å². The summed E-state index contributed by atoms with van der Waals surface area (Å²) < 4.78 is 2.35. The number of piperidine rings is 1. The molecule has 4 nitrogen and oxygen atoms in total. The van der Waals surface area contributed by atoms with E-state index in [4.69, 9.17) is 0 Å². The molecule has 1 aliphatic heterocycles. The molecule has 0 amide bonds. The number of rotatable bonds is 3. The lowest BCUT2D eigenvalue weighted by molar-refractivity contribution is 0.204. The van der Waals surface area contributed by atoms with Crippen molar-refractivity contribution in [2.45, 2.75) is 38.3 Å². The number of nitrogens with zero attached hydrogens (tertiary/aromatic N) is 3. The van der Waals surface area contributed by atoms with Gasteiger partial charge in [0.2, 0.25) is 0 Å². The van der Waals surface area contributed by atoms with Gasteiger partial charge in [-0.1, -0.05) is 0 Å². The molecule has 0 radical (unpaired) electrons. The number of likely N-dealkylation sites (tertiary alicyclic amines) is 1. The van der Waals surface area contributed by atoms with Crippen molar-refractivity contribution in [1.29, 1.82) is 0 Å². The summed E-state index contributed by atoms with van der Waals surface area (Å²) in [6.07, 6.45) is 6.51. The molecule has 1 N–H and O–H groups in total. The molecule has 2 rings (SSSR count). The van der Waals surface area contributed by atoms with Crippen LogP contribution in [0.1, 0.15) is 38.4 Å². The van der Waals surface area contributed by atoms with Crippen molar-refractivity contribution < 1.29 is 0 Å². The van der Waals surface area contributed by atoms with E-state index in [-0.39, 0.29) is 5.54 Å². The van der Waals surface area contributed by atoms with Crippen LogP contribution in [-0.4, -0.2) is 41.6 Å². The summed E-state index contributed by atoms with van der Waals surface area (Å²) in [5, 5.41) is 3.36. The van der Waals surface area contributed by atoms with Crippen LogP contribution in [0.3, 0.4) is 0 Å². The lowest BCUT2D eigenvalue weighted by atomic mass is 9.99. The van der Waals surface area contributed by atoms with Crippen molar-refractivity contribution in [2.24, 2.45) is 0 Å². The minimum atomic E-state index is -0.0213. The van der Waals surface area contributed by atoms with E-state index >= 15 is 0 Å². The van der Waals surface area contributed by atoms with Gasteiger partial charge in [0.15, 0.2) is 0 Å². The van der Waals surface area contributed by atoms with Gasteiger partial charge >= 0.3 is 0 Å². The molecule has 1 saturated heterocycles. The Morgan fingerprint density at radius 3 is 2.88 bits per heavy atom. The molecule has 0 aliphatic carbocycles. The Morgan fingerprint density at radius 1 is 1.47 bits per heavy atom. The third-order valence-corrected chi connectivity index (χ3v) is 3.92. The van der Waals surface area contributed by atoms with Crippen molar-refractivity contribution in [3.8, 4) is 0 Å². The highest BCUT2D eigenvalue weighted by molar-refractivity contribution is 5.12. The predicted molar refractivity (Wildman–Crippen MR) is 70.1 cm³/mol. The monoisotopic (exact) mass is 236 g/mol. The van der Waals surface area contributed by atoms with Crippen LogP contribution in [0.5, 0.6) is 0 Å². The first-order chi connectivity index (χ1) is 8.04. The largest absolute Gasteiger partial charge is 0.329 e. The molecule has 17 heavy (non-hydrogen) atoms. The van der Waals surface area contributed by atoms with Gasteiger partial charge in [-0.3, -0.25) is 0 Å². The zero-order valence-corrected chi connectivity index (χ0v) is 11.4. The number of imidazole rings is 1. The van der Waals surface area contributed by atoms with E-state index in [0.29, 0.717) is 6.04 Å². The molecule has 0 saturated carbocycles. The summed E-state index contributed by atoms with van der Waals surface area (Å²) >= 11 is 0. The van der Waals surface area contributed by atoms with Crippen LogP contribution in [0.15, 0.2) is 12.5 Å². The van der Waals surface area contributed by atoms with Crippen LogP contribution in [-0.2, 0) is 5.54 Å². The fraction of sp³-hybridized carbons (Fsp3) is 0.769. The average molecular weight is 236 g/mol. The number of hydrogen-bond donors (Lipinski definition) is 1. The van der Waals surface area contributed by atoms with E-state index in [9.17, 15) is 0 Å². The van der Waals surface area contributed by atoms with E-state index in [2.05, 4.69) is 40.7 Å². The van der Waals surface area contributed by atoms with Gasteiger partial charge in [0.1, 0.15) is 0 Å². The van der Waals surface area contributed by atoms with Gasteiger partial charge in [-0.15, -0.1) is 0 Å². The van der Waals surface area contributed by atoms with E-state index in [1.54, 1.807) is 0 Å². The molecule has 0 bridgehead atoms. The second kappa shape index (κ2) is 4.78. The maximum atomic E-state index is 4.34. The van der Waals surface area contributed by atoms with Crippen LogP contribution in [0.4, 0.5) is 0 Å². The Hall–Kier alpha value is -0.870. The van der Waals surface area contributed by atoms with E-state index in [0.717, 1.165) is 6.54 Å².